The van der Waals surface area contributed by atoms with Gasteiger partial charge in [0.1, 0.15) is 5.54 Å². The second-order valence-electron chi connectivity index (χ2n) is 6.13. The number of hydrogen-bond donors (Lipinski definition) is 2. The minimum Gasteiger partial charge on any atom is -0.480 e. The summed E-state index contributed by atoms with van der Waals surface area (Å²) in [4.78, 5) is 24.5. The third-order valence-corrected chi connectivity index (χ3v) is 5.79. The van der Waals surface area contributed by atoms with Gasteiger partial charge in [0.05, 0.1) is 5.92 Å². The first-order chi connectivity index (χ1) is 10.6. The van der Waals surface area contributed by atoms with E-state index in [1.807, 2.05) is 18.2 Å². The van der Waals surface area contributed by atoms with Crippen molar-refractivity contribution in [3.05, 3.63) is 35.4 Å². The van der Waals surface area contributed by atoms with E-state index in [1.54, 1.807) is 11.8 Å². The number of benzene rings is 1. The van der Waals surface area contributed by atoms with Crippen LogP contribution in [-0.4, -0.2) is 34.0 Å². The molecule has 1 amide bonds. The van der Waals surface area contributed by atoms with Crippen LogP contribution in [0.5, 0.6) is 0 Å². The van der Waals surface area contributed by atoms with Gasteiger partial charge in [0.2, 0.25) is 5.91 Å². The molecule has 1 aliphatic carbocycles. The van der Waals surface area contributed by atoms with E-state index in [0.717, 1.165) is 36.3 Å². The van der Waals surface area contributed by atoms with Gasteiger partial charge in [-0.3, -0.25) is 4.79 Å². The van der Waals surface area contributed by atoms with Crippen LogP contribution in [0.4, 0.5) is 0 Å². The van der Waals surface area contributed by atoms with Crippen molar-refractivity contribution in [2.75, 3.05) is 11.5 Å². The Bertz CT molecular complexity index is 581. The monoisotopic (exact) mass is 319 g/mol. The van der Waals surface area contributed by atoms with E-state index >= 15 is 0 Å². The largest absolute Gasteiger partial charge is 0.480 e. The van der Waals surface area contributed by atoms with Crippen LogP contribution in [0.1, 0.15) is 42.7 Å². The summed E-state index contributed by atoms with van der Waals surface area (Å²) in [5, 5.41) is 12.5. The molecule has 1 aliphatic heterocycles. The lowest BCUT2D eigenvalue weighted by molar-refractivity contribution is -0.148. The van der Waals surface area contributed by atoms with Gasteiger partial charge in [-0.05, 0) is 54.7 Å². The Morgan fingerprint density at radius 2 is 1.95 bits per heavy atom. The Balaban J connectivity index is 1.81. The standard InChI is InChI=1S/C17H21NO3S/c19-15(18-17(16(20)21)8-10-22-11-9-17)14-7-3-5-12-4-1-2-6-13(12)14/h1-2,4,6,14H,3,5,7-11H2,(H,18,19)(H,20,21)/t14-/m0/s1. The van der Waals surface area contributed by atoms with Gasteiger partial charge >= 0.3 is 5.97 Å². The zero-order valence-corrected chi connectivity index (χ0v) is 13.3. The van der Waals surface area contributed by atoms with E-state index in [0.29, 0.717) is 12.8 Å². The van der Waals surface area contributed by atoms with Gasteiger partial charge in [-0.15, -0.1) is 0 Å². The van der Waals surface area contributed by atoms with Crippen molar-refractivity contribution in [1.82, 2.24) is 5.32 Å². The van der Waals surface area contributed by atoms with Gasteiger partial charge in [-0.25, -0.2) is 4.79 Å². The molecule has 0 spiro atoms. The number of aliphatic carboxylic acids is 1. The number of carbonyl (C=O) groups excluding carboxylic acids is 1. The van der Waals surface area contributed by atoms with Gasteiger partial charge in [-0.1, -0.05) is 24.3 Å². The summed E-state index contributed by atoms with van der Waals surface area (Å²) >= 11 is 1.75. The average molecular weight is 319 g/mol. The molecule has 5 heteroatoms. The number of hydrogen-bond acceptors (Lipinski definition) is 3. The maximum atomic E-state index is 12.8. The van der Waals surface area contributed by atoms with Crippen molar-refractivity contribution in [3.63, 3.8) is 0 Å². The molecule has 0 unspecified atom stereocenters. The fraction of sp³-hybridized carbons (Fsp3) is 0.529. The summed E-state index contributed by atoms with van der Waals surface area (Å²) in [6.07, 6.45) is 3.79. The first-order valence-electron chi connectivity index (χ1n) is 7.83. The number of amides is 1. The normalized spacial score (nSPS) is 23.4. The van der Waals surface area contributed by atoms with Crippen LogP contribution < -0.4 is 5.32 Å². The van der Waals surface area contributed by atoms with Crippen LogP contribution >= 0.6 is 11.8 Å². The molecule has 22 heavy (non-hydrogen) atoms. The van der Waals surface area contributed by atoms with E-state index in [-0.39, 0.29) is 11.8 Å². The van der Waals surface area contributed by atoms with E-state index < -0.39 is 11.5 Å². The molecular formula is C17H21NO3S. The van der Waals surface area contributed by atoms with Gasteiger partial charge in [0.25, 0.3) is 0 Å². The van der Waals surface area contributed by atoms with Gasteiger partial charge in [-0.2, -0.15) is 11.8 Å². The van der Waals surface area contributed by atoms with Crippen LogP contribution in [0.3, 0.4) is 0 Å². The quantitative estimate of drug-likeness (QED) is 0.898. The lowest BCUT2D eigenvalue weighted by Gasteiger charge is -2.36. The highest BCUT2D eigenvalue weighted by atomic mass is 32.2. The molecular weight excluding hydrogens is 298 g/mol. The minimum absolute atomic E-state index is 0.124. The highest BCUT2D eigenvalue weighted by Crippen LogP contribution is 2.34. The Kier molecular flexibility index (Phi) is 4.43. The molecule has 1 atom stereocenters. The summed E-state index contributed by atoms with van der Waals surface area (Å²) in [6, 6.07) is 8.02. The number of fused-ring (bicyclic) bond motifs is 1. The summed E-state index contributed by atoms with van der Waals surface area (Å²) in [6.45, 7) is 0. The van der Waals surface area contributed by atoms with Gasteiger partial charge in [0, 0.05) is 0 Å². The number of carboxylic acids is 1. The Morgan fingerprint density at radius 1 is 1.23 bits per heavy atom. The van der Waals surface area contributed by atoms with E-state index in [2.05, 4.69) is 11.4 Å². The lowest BCUT2D eigenvalue weighted by Crippen LogP contribution is -2.57. The summed E-state index contributed by atoms with van der Waals surface area (Å²) in [7, 11) is 0. The van der Waals surface area contributed by atoms with Crippen LogP contribution in [-0.2, 0) is 16.0 Å². The van der Waals surface area contributed by atoms with Crippen molar-refractivity contribution >= 4 is 23.6 Å². The number of aryl methyl sites for hydroxylation is 1. The zero-order chi connectivity index (χ0) is 15.6. The number of thioether (sulfide) groups is 1. The van der Waals surface area contributed by atoms with Crippen molar-refractivity contribution in [2.45, 2.75) is 43.6 Å². The molecule has 1 saturated heterocycles. The predicted molar refractivity (Wildman–Crippen MR) is 87.2 cm³/mol. The number of rotatable bonds is 3. The molecule has 1 fully saturated rings. The smallest absolute Gasteiger partial charge is 0.329 e. The Labute approximate surface area is 134 Å². The molecule has 4 nitrogen and oxygen atoms in total. The molecule has 1 aromatic carbocycles. The van der Waals surface area contributed by atoms with E-state index in [4.69, 9.17) is 0 Å². The molecule has 2 N–H and O–H groups in total. The lowest BCUT2D eigenvalue weighted by atomic mass is 9.81. The second-order valence-corrected chi connectivity index (χ2v) is 7.36. The Hall–Kier alpha value is -1.49. The molecule has 0 saturated carbocycles. The highest BCUT2D eigenvalue weighted by molar-refractivity contribution is 7.99. The van der Waals surface area contributed by atoms with Gasteiger partial charge in [0.15, 0.2) is 0 Å². The summed E-state index contributed by atoms with van der Waals surface area (Å²) in [5.74, 6) is 0.337. The van der Waals surface area contributed by atoms with Crippen molar-refractivity contribution in [2.24, 2.45) is 0 Å². The molecule has 3 rings (SSSR count). The Morgan fingerprint density at radius 3 is 2.68 bits per heavy atom. The maximum Gasteiger partial charge on any atom is 0.329 e. The topological polar surface area (TPSA) is 66.4 Å². The molecule has 0 aromatic heterocycles. The van der Waals surface area contributed by atoms with Crippen molar-refractivity contribution in [1.29, 1.82) is 0 Å². The third kappa shape index (κ3) is 2.86. The minimum atomic E-state index is -1.07. The van der Waals surface area contributed by atoms with E-state index in [1.165, 1.54) is 5.56 Å². The number of carbonyl (C=O) groups is 2. The molecule has 118 valence electrons. The molecule has 0 bridgehead atoms. The number of nitrogens with one attached hydrogen (secondary N) is 1. The molecule has 2 aliphatic rings. The second kappa shape index (κ2) is 6.32. The SMILES string of the molecule is O=C(NC1(C(=O)O)CCSCC1)[C@H]1CCCc2ccccc21. The van der Waals surface area contributed by atoms with Crippen LogP contribution in [0, 0.1) is 0 Å². The third-order valence-electron chi connectivity index (χ3n) is 4.80. The van der Waals surface area contributed by atoms with Crippen LogP contribution in [0.15, 0.2) is 24.3 Å². The van der Waals surface area contributed by atoms with Crippen molar-refractivity contribution < 1.29 is 14.7 Å². The molecule has 1 aromatic rings. The highest BCUT2D eigenvalue weighted by Gasteiger charge is 2.42. The van der Waals surface area contributed by atoms with Crippen molar-refractivity contribution in [3.8, 4) is 0 Å². The maximum absolute atomic E-state index is 12.8. The molecule has 1 heterocycles. The van der Waals surface area contributed by atoms with Crippen LogP contribution in [0.2, 0.25) is 0 Å². The van der Waals surface area contributed by atoms with Gasteiger partial charge < -0.3 is 10.4 Å². The molecule has 0 radical (unpaired) electrons. The average Bonchev–Trinajstić information content (AvgIpc) is 2.55. The summed E-state index contributed by atoms with van der Waals surface area (Å²) < 4.78 is 0. The van der Waals surface area contributed by atoms with E-state index in [9.17, 15) is 14.7 Å². The fourth-order valence-corrected chi connectivity index (χ4v) is 4.65. The fourth-order valence-electron chi connectivity index (χ4n) is 3.46. The first kappa shape index (κ1) is 15.4. The first-order valence-corrected chi connectivity index (χ1v) is 8.99. The van der Waals surface area contributed by atoms with Crippen LogP contribution in [0.25, 0.3) is 0 Å². The zero-order valence-electron chi connectivity index (χ0n) is 12.5. The predicted octanol–water partition coefficient (Wildman–Crippen LogP) is 2.57. The number of carboxylic acid groups (broad SMARTS) is 1. The summed E-state index contributed by atoms with van der Waals surface area (Å²) in [5.41, 5.74) is 1.21.